The van der Waals surface area contributed by atoms with Crippen molar-refractivity contribution in [1.29, 1.82) is 0 Å². The number of hydrogen-bond acceptors (Lipinski definition) is 6. The Bertz CT molecular complexity index is 1090. The predicted octanol–water partition coefficient (Wildman–Crippen LogP) is 3.58. The van der Waals surface area contributed by atoms with Gasteiger partial charge < -0.3 is 19.5 Å². The molecule has 1 N–H and O–H groups in total. The highest BCUT2D eigenvalue weighted by Gasteiger charge is 2.21. The van der Waals surface area contributed by atoms with E-state index in [9.17, 15) is 9.18 Å². The Labute approximate surface area is 180 Å². The minimum atomic E-state index is -0.592. The Kier molecular flexibility index (Phi) is 5.94. The Morgan fingerprint density at radius 1 is 1.19 bits per heavy atom. The largest absolute Gasteiger partial charge is 0.378 e. The summed E-state index contributed by atoms with van der Waals surface area (Å²) >= 11 is 0. The number of rotatable bonds is 5. The molecule has 8 nitrogen and oxygen atoms in total. The van der Waals surface area contributed by atoms with Gasteiger partial charge in [-0.3, -0.25) is 4.79 Å². The standard InChI is InChI=1S/C22H25FN6O2/c1-14(2)29-15(3)25-13-20(29)19-6-7-24-22(27-19)26-16-4-5-17(18(23)12-16)21(30)28-8-10-31-11-9-28/h4-7,12-14H,8-11H2,1-3H3,(H,24,26,27). The quantitative estimate of drug-likeness (QED) is 0.674. The second-order valence-electron chi connectivity index (χ2n) is 7.64. The second-order valence-corrected chi connectivity index (χ2v) is 7.64. The van der Waals surface area contributed by atoms with E-state index in [4.69, 9.17) is 4.74 Å². The number of morpholine rings is 1. The summed E-state index contributed by atoms with van der Waals surface area (Å²) in [4.78, 5) is 27.3. The summed E-state index contributed by atoms with van der Waals surface area (Å²) in [6.45, 7) is 7.98. The lowest BCUT2D eigenvalue weighted by molar-refractivity contribution is 0.0300. The molecule has 1 aliphatic heterocycles. The molecule has 1 aliphatic rings. The first-order chi connectivity index (χ1) is 14.9. The van der Waals surface area contributed by atoms with Crippen LogP contribution >= 0.6 is 0 Å². The van der Waals surface area contributed by atoms with E-state index in [-0.39, 0.29) is 17.5 Å². The van der Waals surface area contributed by atoms with Crippen molar-refractivity contribution in [3.8, 4) is 11.4 Å². The zero-order chi connectivity index (χ0) is 22.0. The van der Waals surface area contributed by atoms with Gasteiger partial charge in [0.15, 0.2) is 0 Å². The van der Waals surface area contributed by atoms with E-state index < -0.39 is 5.82 Å². The fourth-order valence-electron chi connectivity index (χ4n) is 3.69. The van der Waals surface area contributed by atoms with Crippen molar-refractivity contribution in [2.75, 3.05) is 31.6 Å². The van der Waals surface area contributed by atoms with Gasteiger partial charge in [0.25, 0.3) is 5.91 Å². The number of halogens is 1. The van der Waals surface area contributed by atoms with Crippen LogP contribution in [-0.2, 0) is 4.74 Å². The number of amides is 1. The molecule has 31 heavy (non-hydrogen) atoms. The first kappa shape index (κ1) is 20.9. The van der Waals surface area contributed by atoms with Gasteiger partial charge in [-0.2, -0.15) is 0 Å². The molecule has 9 heteroatoms. The van der Waals surface area contributed by atoms with E-state index in [2.05, 4.69) is 38.7 Å². The fourth-order valence-corrected chi connectivity index (χ4v) is 3.69. The number of anilines is 2. The summed E-state index contributed by atoms with van der Waals surface area (Å²) in [5.41, 5.74) is 2.10. The van der Waals surface area contributed by atoms with E-state index in [1.165, 1.54) is 12.1 Å². The van der Waals surface area contributed by atoms with Gasteiger partial charge in [-0.15, -0.1) is 0 Å². The third-order valence-electron chi connectivity index (χ3n) is 5.17. The Morgan fingerprint density at radius 3 is 2.68 bits per heavy atom. The van der Waals surface area contributed by atoms with Crippen LogP contribution in [-0.4, -0.2) is 56.6 Å². The molecule has 0 spiro atoms. The molecule has 0 saturated carbocycles. The molecule has 1 amide bonds. The van der Waals surface area contributed by atoms with Crippen LogP contribution in [0.2, 0.25) is 0 Å². The number of aromatic nitrogens is 4. The van der Waals surface area contributed by atoms with Crippen molar-refractivity contribution in [1.82, 2.24) is 24.4 Å². The van der Waals surface area contributed by atoms with Gasteiger partial charge in [0, 0.05) is 31.0 Å². The van der Waals surface area contributed by atoms with Crippen molar-refractivity contribution in [3.05, 3.63) is 53.9 Å². The van der Waals surface area contributed by atoms with Crippen molar-refractivity contribution in [2.45, 2.75) is 26.8 Å². The van der Waals surface area contributed by atoms with Crippen molar-refractivity contribution >= 4 is 17.5 Å². The van der Waals surface area contributed by atoms with Crippen LogP contribution in [0.15, 0.2) is 36.7 Å². The zero-order valence-electron chi connectivity index (χ0n) is 17.8. The molecule has 3 aromatic rings. The average molecular weight is 424 g/mol. The van der Waals surface area contributed by atoms with Crippen LogP contribution in [0.3, 0.4) is 0 Å². The molecule has 0 bridgehead atoms. The number of benzene rings is 1. The summed E-state index contributed by atoms with van der Waals surface area (Å²) in [6, 6.07) is 6.46. The van der Waals surface area contributed by atoms with Crippen molar-refractivity contribution < 1.29 is 13.9 Å². The van der Waals surface area contributed by atoms with Gasteiger partial charge in [-0.25, -0.2) is 19.3 Å². The van der Waals surface area contributed by atoms with Crippen molar-refractivity contribution in [2.24, 2.45) is 0 Å². The van der Waals surface area contributed by atoms with E-state index >= 15 is 0 Å². The summed E-state index contributed by atoms with van der Waals surface area (Å²) in [5.74, 6) is 0.313. The lowest BCUT2D eigenvalue weighted by Gasteiger charge is -2.27. The number of nitrogens with one attached hydrogen (secondary N) is 1. The van der Waals surface area contributed by atoms with E-state index in [0.717, 1.165) is 11.5 Å². The molecule has 0 unspecified atom stereocenters. The van der Waals surface area contributed by atoms with E-state index in [0.29, 0.717) is 43.6 Å². The van der Waals surface area contributed by atoms with Crippen LogP contribution in [0.5, 0.6) is 0 Å². The first-order valence-corrected chi connectivity index (χ1v) is 10.2. The number of ether oxygens (including phenoxy) is 1. The topological polar surface area (TPSA) is 85.2 Å². The molecular weight excluding hydrogens is 399 g/mol. The monoisotopic (exact) mass is 424 g/mol. The average Bonchev–Trinajstić information content (AvgIpc) is 3.16. The number of aryl methyl sites for hydroxylation is 1. The third-order valence-corrected chi connectivity index (χ3v) is 5.17. The highest BCUT2D eigenvalue weighted by Crippen LogP contribution is 2.25. The maximum absolute atomic E-state index is 14.7. The SMILES string of the molecule is Cc1ncc(-c2ccnc(Nc3ccc(C(=O)N4CCOCC4)c(F)c3)n2)n1C(C)C. The minimum absolute atomic E-state index is 0.0402. The number of nitrogens with zero attached hydrogens (tertiary/aromatic N) is 5. The van der Waals surface area contributed by atoms with Crippen LogP contribution < -0.4 is 5.32 Å². The van der Waals surface area contributed by atoms with Gasteiger partial charge >= 0.3 is 0 Å². The third kappa shape index (κ3) is 4.41. The summed E-state index contributed by atoms with van der Waals surface area (Å²) in [7, 11) is 0. The number of carbonyl (C=O) groups is 1. The number of hydrogen-bond donors (Lipinski definition) is 1. The highest BCUT2D eigenvalue weighted by atomic mass is 19.1. The fraction of sp³-hybridized carbons (Fsp3) is 0.364. The van der Waals surface area contributed by atoms with Crippen LogP contribution in [0.1, 0.15) is 36.1 Å². The summed E-state index contributed by atoms with van der Waals surface area (Å²) < 4.78 is 22.0. The molecule has 1 aromatic carbocycles. The maximum Gasteiger partial charge on any atom is 0.256 e. The molecule has 2 aromatic heterocycles. The molecule has 0 atom stereocenters. The smallest absolute Gasteiger partial charge is 0.256 e. The Hall–Kier alpha value is -3.33. The molecule has 1 fully saturated rings. The van der Waals surface area contributed by atoms with Gasteiger partial charge in [-0.05, 0) is 45.0 Å². The molecule has 162 valence electrons. The van der Waals surface area contributed by atoms with Gasteiger partial charge in [0.2, 0.25) is 5.95 Å². The number of imidazole rings is 1. The molecule has 1 saturated heterocycles. The Balaban J connectivity index is 1.54. The molecular formula is C22H25FN6O2. The van der Waals surface area contributed by atoms with Crippen LogP contribution in [0.25, 0.3) is 11.4 Å². The second kappa shape index (κ2) is 8.81. The van der Waals surface area contributed by atoms with Gasteiger partial charge in [0.1, 0.15) is 11.6 Å². The molecule has 4 rings (SSSR count). The van der Waals surface area contributed by atoms with Crippen LogP contribution in [0, 0.1) is 12.7 Å². The highest BCUT2D eigenvalue weighted by molar-refractivity contribution is 5.95. The summed E-state index contributed by atoms with van der Waals surface area (Å²) in [6.07, 6.45) is 3.43. The predicted molar refractivity (Wildman–Crippen MR) is 115 cm³/mol. The van der Waals surface area contributed by atoms with Crippen molar-refractivity contribution in [3.63, 3.8) is 0 Å². The number of carbonyl (C=O) groups excluding carboxylic acids is 1. The first-order valence-electron chi connectivity index (χ1n) is 10.2. The Morgan fingerprint density at radius 2 is 1.97 bits per heavy atom. The lowest BCUT2D eigenvalue weighted by Crippen LogP contribution is -2.41. The normalized spacial score (nSPS) is 14.2. The lowest BCUT2D eigenvalue weighted by atomic mass is 10.1. The van der Waals surface area contributed by atoms with E-state index in [1.807, 2.05) is 13.0 Å². The zero-order valence-corrected chi connectivity index (χ0v) is 17.8. The molecule has 3 heterocycles. The van der Waals surface area contributed by atoms with E-state index in [1.54, 1.807) is 23.4 Å². The van der Waals surface area contributed by atoms with Crippen LogP contribution in [0.4, 0.5) is 16.0 Å². The summed E-state index contributed by atoms with van der Waals surface area (Å²) in [5, 5.41) is 3.02. The molecule has 0 radical (unpaired) electrons. The van der Waals surface area contributed by atoms with Gasteiger partial charge in [-0.1, -0.05) is 0 Å². The minimum Gasteiger partial charge on any atom is -0.378 e. The van der Waals surface area contributed by atoms with Gasteiger partial charge in [0.05, 0.1) is 36.4 Å². The molecule has 0 aliphatic carbocycles. The maximum atomic E-state index is 14.7.